The zero-order chi connectivity index (χ0) is 11.5. The van der Waals surface area contributed by atoms with Crippen LogP contribution in [0.1, 0.15) is 11.4 Å². The first-order valence-corrected chi connectivity index (χ1v) is 5.89. The number of methoxy groups -OCH3 is 2. The van der Waals surface area contributed by atoms with Crippen LogP contribution in [0.15, 0.2) is 24.3 Å². The van der Waals surface area contributed by atoms with E-state index in [4.69, 9.17) is 19.3 Å². The quantitative estimate of drug-likeness (QED) is 0.769. The highest BCUT2D eigenvalue weighted by Gasteiger charge is 2.30. The van der Waals surface area contributed by atoms with Crippen molar-refractivity contribution in [1.29, 1.82) is 0 Å². The number of benzene rings is 1. The highest BCUT2D eigenvalue weighted by atomic mass is 31.2. The standard InChI is InChI=1S/C9H13O5P/c1-13-8-5-3-7(4-6-8)9(14-2)15(10,11)12/h3-6,9H,1-2H3,(H2,10,11,12). The Morgan fingerprint density at radius 3 is 2.07 bits per heavy atom. The fourth-order valence-corrected chi connectivity index (χ4v) is 2.07. The van der Waals surface area contributed by atoms with E-state index in [1.54, 1.807) is 24.3 Å². The van der Waals surface area contributed by atoms with Gasteiger partial charge in [0.2, 0.25) is 0 Å². The van der Waals surface area contributed by atoms with Gasteiger partial charge in [0.1, 0.15) is 5.75 Å². The lowest BCUT2D eigenvalue weighted by Crippen LogP contribution is -2.02. The number of hydrogen-bond donors (Lipinski definition) is 2. The second-order valence-electron chi connectivity index (χ2n) is 2.95. The topological polar surface area (TPSA) is 76.0 Å². The van der Waals surface area contributed by atoms with Gasteiger partial charge >= 0.3 is 7.60 Å². The molecule has 1 aromatic carbocycles. The summed E-state index contributed by atoms with van der Waals surface area (Å²) in [5, 5.41) is 0. The van der Waals surface area contributed by atoms with E-state index in [-0.39, 0.29) is 0 Å². The lowest BCUT2D eigenvalue weighted by atomic mass is 10.2. The molecule has 84 valence electrons. The summed E-state index contributed by atoms with van der Waals surface area (Å²) in [5.74, 6) is -0.595. The predicted molar refractivity (Wildman–Crippen MR) is 54.8 cm³/mol. The first-order chi connectivity index (χ1) is 6.99. The maximum Gasteiger partial charge on any atom is 0.358 e. The van der Waals surface area contributed by atoms with E-state index in [2.05, 4.69) is 0 Å². The second kappa shape index (κ2) is 4.77. The van der Waals surface area contributed by atoms with Crippen LogP contribution in [0.2, 0.25) is 0 Å². The van der Waals surface area contributed by atoms with E-state index in [0.29, 0.717) is 11.3 Å². The van der Waals surface area contributed by atoms with E-state index in [0.717, 1.165) is 0 Å². The van der Waals surface area contributed by atoms with Gasteiger partial charge < -0.3 is 19.3 Å². The normalized spacial score (nSPS) is 13.6. The van der Waals surface area contributed by atoms with Crippen molar-refractivity contribution in [3.05, 3.63) is 29.8 Å². The van der Waals surface area contributed by atoms with Crippen LogP contribution < -0.4 is 4.74 Å². The van der Waals surface area contributed by atoms with Crippen molar-refractivity contribution in [2.45, 2.75) is 5.85 Å². The Bertz CT molecular complexity index is 355. The molecule has 1 atom stereocenters. The Hall–Kier alpha value is -0.870. The minimum atomic E-state index is -4.28. The van der Waals surface area contributed by atoms with Crippen molar-refractivity contribution in [3.63, 3.8) is 0 Å². The summed E-state index contributed by atoms with van der Waals surface area (Å²) in [7, 11) is -1.51. The Morgan fingerprint density at radius 2 is 1.73 bits per heavy atom. The predicted octanol–water partition coefficient (Wildman–Crippen LogP) is 1.52. The van der Waals surface area contributed by atoms with E-state index >= 15 is 0 Å². The highest BCUT2D eigenvalue weighted by molar-refractivity contribution is 7.52. The minimum Gasteiger partial charge on any atom is -0.497 e. The molecular formula is C9H13O5P. The van der Waals surface area contributed by atoms with Crippen LogP contribution in [-0.4, -0.2) is 24.0 Å². The van der Waals surface area contributed by atoms with Crippen LogP contribution in [-0.2, 0) is 9.30 Å². The summed E-state index contributed by atoms with van der Waals surface area (Å²) in [4.78, 5) is 18.0. The van der Waals surface area contributed by atoms with E-state index in [1.165, 1.54) is 14.2 Å². The first kappa shape index (κ1) is 12.2. The van der Waals surface area contributed by atoms with Crippen LogP contribution >= 0.6 is 7.60 Å². The lowest BCUT2D eigenvalue weighted by molar-refractivity contribution is 0.137. The molecule has 0 aliphatic rings. The summed E-state index contributed by atoms with van der Waals surface area (Å²) >= 11 is 0. The van der Waals surface area contributed by atoms with Gasteiger partial charge in [-0.05, 0) is 17.7 Å². The molecule has 0 aromatic heterocycles. The molecule has 0 spiro atoms. The minimum absolute atomic E-state index is 0.423. The van der Waals surface area contributed by atoms with Crippen LogP contribution in [0, 0.1) is 0 Å². The second-order valence-corrected chi connectivity index (χ2v) is 4.60. The average molecular weight is 232 g/mol. The average Bonchev–Trinajstić information content (AvgIpc) is 2.18. The van der Waals surface area contributed by atoms with Crippen molar-refractivity contribution < 1.29 is 23.8 Å². The van der Waals surface area contributed by atoms with Crippen molar-refractivity contribution in [2.75, 3.05) is 14.2 Å². The Labute approximate surface area is 87.8 Å². The van der Waals surface area contributed by atoms with Gasteiger partial charge in [-0.15, -0.1) is 0 Å². The van der Waals surface area contributed by atoms with Gasteiger partial charge in [0.15, 0.2) is 5.85 Å². The molecule has 2 N–H and O–H groups in total. The zero-order valence-corrected chi connectivity index (χ0v) is 9.35. The van der Waals surface area contributed by atoms with Crippen LogP contribution in [0.3, 0.4) is 0 Å². The fourth-order valence-electron chi connectivity index (χ4n) is 1.24. The van der Waals surface area contributed by atoms with Crippen LogP contribution in [0.25, 0.3) is 0 Å². The SMILES string of the molecule is COc1ccc(C(OC)P(=O)(O)O)cc1. The third-order valence-electron chi connectivity index (χ3n) is 1.93. The molecule has 0 amide bonds. The zero-order valence-electron chi connectivity index (χ0n) is 8.45. The van der Waals surface area contributed by atoms with Crippen molar-refractivity contribution in [1.82, 2.24) is 0 Å². The van der Waals surface area contributed by atoms with Gasteiger partial charge in [0.05, 0.1) is 7.11 Å². The molecular weight excluding hydrogens is 219 g/mol. The number of hydrogen-bond acceptors (Lipinski definition) is 3. The molecule has 0 saturated carbocycles. The lowest BCUT2D eigenvalue weighted by Gasteiger charge is -2.17. The summed E-state index contributed by atoms with van der Waals surface area (Å²) in [6.45, 7) is 0. The van der Waals surface area contributed by atoms with Gasteiger partial charge in [-0.25, -0.2) is 0 Å². The maximum atomic E-state index is 11.1. The molecule has 1 unspecified atom stereocenters. The van der Waals surface area contributed by atoms with Crippen molar-refractivity contribution in [2.24, 2.45) is 0 Å². The number of rotatable bonds is 4. The van der Waals surface area contributed by atoms with E-state index in [9.17, 15) is 4.57 Å². The smallest absolute Gasteiger partial charge is 0.358 e. The molecule has 0 aliphatic heterocycles. The first-order valence-electron chi connectivity index (χ1n) is 4.21. The molecule has 15 heavy (non-hydrogen) atoms. The summed E-state index contributed by atoms with van der Waals surface area (Å²) in [6, 6.07) is 6.37. The van der Waals surface area contributed by atoms with Crippen molar-refractivity contribution in [3.8, 4) is 5.75 Å². The molecule has 0 fully saturated rings. The summed E-state index contributed by atoms with van der Waals surface area (Å²) in [6.07, 6.45) is 0. The number of ether oxygens (including phenoxy) is 2. The largest absolute Gasteiger partial charge is 0.497 e. The molecule has 0 aliphatic carbocycles. The third-order valence-corrected chi connectivity index (χ3v) is 3.05. The van der Waals surface area contributed by atoms with Gasteiger partial charge in [-0.3, -0.25) is 4.57 Å². The van der Waals surface area contributed by atoms with Gasteiger partial charge in [-0.2, -0.15) is 0 Å². The molecule has 6 heteroatoms. The van der Waals surface area contributed by atoms with Crippen LogP contribution in [0.5, 0.6) is 5.75 Å². The Kier molecular flexibility index (Phi) is 3.88. The summed E-state index contributed by atoms with van der Waals surface area (Å²) < 4.78 is 20.8. The molecule has 0 radical (unpaired) electrons. The molecule has 1 rings (SSSR count). The van der Waals surface area contributed by atoms with Crippen molar-refractivity contribution >= 4 is 7.60 Å². The highest BCUT2D eigenvalue weighted by Crippen LogP contribution is 2.52. The molecule has 0 heterocycles. The van der Waals surface area contributed by atoms with Crippen LogP contribution in [0.4, 0.5) is 0 Å². The molecule has 5 nitrogen and oxygen atoms in total. The monoisotopic (exact) mass is 232 g/mol. The van der Waals surface area contributed by atoms with Gasteiger partial charge in [0.25, 0.3) is 0 Å². The Morgan fingerprint density at radius 1 is 1.20 bits per heavy atom. The molecule has 1 aromatic rings. The Balaban J connectivity index is 2.98. The molecule has 0 saturated heterocycles. The maximum absolute atomic E-state index is 11.1. The van der Waals surface area contributed by atoms with Gasteiger partial charge in [0, 0.05) is 7.11 Å². The third kappa shape index (κ3) is 3.04. The van der Waals surface area contributed by atoms with Gasteiger partial charge in [-0.1, -0.05) is 12.1 Å². The fraction of sp³-hybridized carbons (Fsp3) is 0.333. The summed E-state index contributed by atoms with van der Waals surface area (Å²) in [5.41, 5.74) is 0.423. The van der Waals surface area contributed by atoms with E-state index < -0.39 is 13.4 Å². The molecule has 0 bridgehead atoms. The van der Waals surface area contributed by atoms with E-state index in [1.807, 2.05) is 0 Å².